The van der Waals surface area contributed by atoms with Crippen LogP contribution in [0.3, 0.4) is 0 Å². The van der Waals surface area contributed by atoms with E-state index in [1.54, 1.807) is 13.0 Å². The van der Waals surface area contributed by atoms with Crippen LogP contribution in [0.5, 0.6) is 0 Å². The molecule has 0 aliphatic rings. The number of amides is 2. The van der Waals surface area contributed by atoms with E-state index in [0.29, 0.717) is 5.00 Å². The third kappa shape index (κ3) is 3.55. The second kappa shape index (κ2) is 6.01. The number of urea groups is 1. The Morgan fingerprint density at radius 2 is 2.32 bits per heavy atom. The number of aromatic nitrogens is 1. The SMILES string of the molecule is CCOC(=O)c1coc(NC(=O)Nc2cccs2)n1. The number of esters is 1. The number of carbonyl (C=O) groups excluding carboxylic acids is 2. The van der Waals surface area contributed by atoms with Crippen LogP contribution in [0, 0.1) is 0 Å². The van der Waals surface area contributed by atoms with Gasteiger partial charge in [-0.05, 0) is 24.4 Å². The molecule has 2 rings (SSSR count). The first-order valence-electron chi connectivity index (χ1n) is 5.43. The third-order valence-corrected chi connectivity index (χ3v) is 2.75. The second-order valence-electron chi connectivity index (χ2n) is 3.31. The first-order chi connectivity index (χ1) is 9.19. The molecule has 0 spiro atoms. The van der Waals surface area contributed by atoms with Gasteiger partial charge in [-0.25, -0.2) is 9.59 Å². The summed E-state index contributed by atoms with van der Waals surface area (Å²) in [7, 11) is 0. The van der Waals surface area contributed by atoms with Gasteiger partial charge in [0, 0.05) is 0 Å². The molecule has 19 heavy (non-hydrogen) atoms. The lowest BCUT2D eigenvalue weighted by atomic mass is 10.5. The van der Waals surface area contributed by atoms with Crippen LogP contribution < -0.4 is 10.6 Å². The summed E-state index contributed by atoms with van der Waals surface area (Å²) in [6.07, 6.45) is 1.12. The Morgan fingerprint density at radius 3 is 3.00 bits per heavy atom. The highest BCUT2D eigenvalue weighted by Crippen LogP contribution is 2.15. The van der Waals surface area contributed by atoms with Crippen LogP contribution in [-0.2, 0) is 4.74 Å². The van der Waals surface area contributed by atoms with Crippen molar-refractivity contribution in [1.82, 2.24) is 4.98 Å². The molecule has 2 heterocycles. The molecule has 0 aliphatic carbocycles. The molecule has 2 aromatic rings. The topological polar surface area (TPSA) is 93.5 Å². The van der Waals surface area contributed by atoms with Gasteiger partial charge in [0.2, 0.25) is 0 Å². The predicted molar refractivity (Wildman–Crippen MR) is 69.4 cm³/mol. The van der Waals surface area contributed by atoms with Gasteiger partial charge >= 0.3 is 18.0 Å². The van der Waals surface area contributed by atoms with E-state index in [1.807, 2.05) is 11.4 Å². The fraction of sp³-hybridized carbons (Fsp3) is 0.182. The quantitative estimate of drug-likeness (QED) is 0.840. The summed E-state index contributed by atoms with van der Waals surface area (Å²) in [5, 5.41) is 7.48. The molecule has 0 fully saturated rings. The highest BCUT2D eigenvalue weighted by molar-refractivity contribution is 7.14. The molecule has 0 saturated carbocycles. The van der Waals surface area contributed by atoms with Crippen molar-refractivity contribution in [3.63, 3.8) is 0 Å². The number of oxazole rings is 1. The Balaban J connectivity index is 1.92. The molecule has 0 saturated heterocycles. The van der Waals surface area contributed by atoms with Crippen LogP contribution in [0.25, 0.3) is 0 Å². The fourth-order valence-corrected chi connectivity index (χ4v) is 1.83. The van der Waals surface area contributed by atoms with Gasteiger partial charge in [-0.3, -0.25) is 10.6 Å². The standard InChI is InChI=1S/C11H11N3O4S/c1-2-17-9(15)7-6-18-11(12-7)14-10(16)13-8-4-3-5-19-8/h3-6H,2H2,1H3,(H2,12,13,14,16). The zero-order valence-corrected chi connectivity index (χ0v) is 10.8. The minimum absolute atomic E-state index is 0.00766. The van der Waals surface area contributed by atoms with Crippen LogP contribution in [0.15, 0.2) is 28.2 Å². The number of ether oxygens (including phenoxy) is 1. The minimum atomic E-state index is -0.599. The summed E-state index contributed by atoms with van der Waals surface area (Å²) < 4.78 is 9.68. The highest BCUT2D eigenvalue weighted by atomic mass is 32.1. The Labute approximate surface area is 112 Å². The maximum Gasteiger partial charge on any atom is 0.360 e. The van der Waals surface area contributed by atoms with Crippen LogP contribution in [0.1, 0.15) is 17.4 Å². The minimum Gasteiger partial charge on any atom is -0.461 e. The maximum atomic E-state index is 11.6. The van der Waals surface area contributed by atoms with Gasteiger partial charge in [-0.15, -0.1) is 11.3 Å². The van der Waals surface area contributed by atoms with E-state index in [2.05, 4.69) is 15.6 Å². The lowest BCUT2D eigenvalue weighted by Gasteiger charge is -2.01. The van der Waals surface area contributed by atoms with Crippen molar-refractivity contribution in [2.75, 3.05) is 17.2 Å². The van der Waals surface area contributed by atoms with Gasteiger partial charge in [0.25, 0.3) is 0 Å². The van der Waals surface area contributed by atoms with E-state index in [9.17, 15) is 9.59 Å². The zero-order valence-electron chi connectivity index (χ0n) is 10.0. The Morgan fingerprint density at radius 1 is 1.47 bits per heavy atom. The lowest BCUT2D eigenvalue weighted by Crippen LogP contribution is -2.19. The van der Waals surface area contributed by atoms with Gasteiger partial charge in [0.15, 0.2) is 5.69 Å². The number of anilines is 2. The normalized spacial score (nSPS) is 9.95. The molecule has 0 aliphatic heterocycles. The second-order valence-corrected chi connectivity index (χ2v) is 4.26. The number of carbonyl (C=O) groups is 2. The first kappa shape index (κ1) is 13.1. The molecule has 100 valence electrons. The van der Waals surface area contributed by atoms with Crippen LogP contribution >= 0.6 is 11.3 Å². The average Bonchev–Trinajstić information content (AvgIpc) is 3.00. The number of hydrogen-bond acceptors (Lipinski definition) is 6. The van der Waals surface area contributed by atoms with Gasteiger partial charge in [-0.2, -0.15) is 4.98 Å². The molecule has 0 atom stereocenters. The van der Waals surface area contributed by atoms with Crippen LogP contribution in [0.2, 0.25) is 0 Å². The lowest BCUT2D eigenvalue weighted by molar-refractivity contribution is 0.0519. The van der Waals surface area contributed by atoms with Crippen molar-refractivity contribution in [1.29, 1.82) is 0 Å². The van der Waals surface area contributed by atoms with E-state index in [0.717, 1.165) is 6.26 Å². The molecular weight excluding hydrogens is 270 g/mol. The Bertz CT molecular complexity index is 564. The first-order valence-corrected chi connectivity index (χ1v) is 6.31. The summed E-state index contributed by atoms with van der Waals surface area (Å²) in [5.74, 6) is -0.599. The van der Waals surface area contributed by atoms with Gasteiger partial charge in [-0.1, -0.05) is 0 Å². The number of thiophene rings is 1. The largest absolute Gasteiger partial charge is 0.461 e. The number of nitrogens with one attached hydrogen (secondary N) is 2. The summed E-state index contributed by atoms with van der Waals surface area (Å²) in [5.41, 5.74) is 0.00766. The molecule has 7 nitrogen and oxygen atoms in total. The summed E-state index contributed by atoms with van der Waals surface area (Å²) in [6, 6.07) is 2.99. The van der Waals surface area contributed by atoms with Crippen molar-refractivity contribution in [3.05, 3.63) is 29.5 Å². The predicted octanol–water partition coefficient (Wildman–Crippen LogP) is 2.56. The van der Waals surface area contributed by atoms with Crippen LogP contribution in [0.4, 0.5) is 15.8 Å². The fourth-order valence-electron chi connectivity index (χ4n) is 1.22. The molecule has 2 amide bonds. The van der Waals surface area contributed by atoms with E-state index in [4.69, 9.17) is 9.15 Å². The van der Waals surface area contributed by atoms with Crippen molar-refractivity contribution >= 4 is 34.4 Å². The maximum absolute atomic E-state index is 11.6. The molecule has 8 heteroatoms. The molecule has 2 aromatic heterocycles. The molecule has 0 unspecified atom stereocenters. The summed E-state index contributed by atoms with van der Waals surface area (Å²) >= 11 is 1.38. The number of rotatable bonds is 4. The summed E-state index contributed by atoms with van der Waals surface area (Å²) in [4.78, 5) is 26.7. The smallest absolute Gasteiger partial charge is 0.360 e. The van der Waals surface area contributed by atoms with E-state index >= 15 is 0 Å². The van der Waals surface area contributed by atoms with E-state index in [1.165, 1.54) is 11.3 Å². The third-order valence-electron chi connectivity index (χ3n) is 1.97. The van der Waals surface area contributed by atoms with Crippen LogP contribution in [-0.4, -0.2) is 23.6 Å². The molecule has 0 aromatic carbocycles. The van der Waals surface area contributed by atoms with Gasteiger partial charge < -0.3 is 9.15 Å². The van der Waals surface area contributed by atoms with Gasteiger partial charge in [0.05, 0.1) is 11.6 Å². The van der Waals surface area contributed by atoms with Crippen molar-refractivity contribution in [3.8, 4) is 0 Å². The van der Waals surface area contributed by atoms with Crippen molar-refractivity contribution < 1.29 is 18.7 Å². The molecule has 0 bridgehead atoms. The highest BCUT2D eigenvalue weighted by Gasteiger charge is 2.14. The van der Waals surface area contributed by atoms with Crippen molar-refractivity contribution in [2.24, 2.45) is 0 Å². The van der Waals surface area contributed by atoms with E-state index < -0.39 is 12.0 Å². The van der Waals surface area contributed by atoms with Gasteiger partial charge in [0.1, 0.15) is 6.26 Å². The number of nitrogens with zero attached hydrogens (tertiary/aromatic N) is 1. The molecule has 2 N–H and O–H groups in total. The Hall–Kier alpha value is -2.35. The average molecular weight is 281 g/mol. The summed E-state index contributed by atoms with van der Waals surface area (Å²) in [6.45, 7) is 1.93. The number of hydrogen-bond donors (Lipinski definition) is 2. The molecular formula is C11H11N3O4S. The monoisotopic (exact) mass is 281 g/mol. The zero-order chi connectivity index (χ0) is 13.7. The molecule has 0 radical (unpaired) electrons. The van der Waals surface area contributed by atoms with Crippen molar-refractivity contribution in [2.45, 2.75) is 6.92 Å². The Kier molecular flexibility index (Phi) is 4.14. The van der Waals surface area contributed by atoms with E-state index in [-0.39, 0.29) is 18.3 Å².